The van der Waals surface area contributed by atoms with E-state index in [1.54, 1.807) is 0 Å². The third kappa shape index (κ3) is 2.76. The Morgan fingerprint density at radius 3 is 3.18 bits per heavy atom. The molecule has 0 spiro atoms. The molecule has 6 nitrogen and oxygen atoms in total. The zero-order valence-corrected chi connectivity index (χ0v) is 10.1. The first-order valence-electron chi connectivity index (χ1n) is 5.31. The summed E-state index contributed by atoms with van der Waals surface area (Å²) in [6.07, 6.45) is 3.13. The van der Waals surface area contributed by atoms with Gasteiger partial charge in [0.25, 0.3) is 0 Å². The summed E-state index contributed by atoms with van der Waals surface area (Å²) in [5, 5.41) is 6.14. The summed E-state index contributed by atoms with van der Waals surface area (Å²) in [4.78, 5) is 19.5. The van der Waals surface area contributed by atoms with Crippen LogP contribution in [-0.2, 0) is 4.79 Å². The second kappa shape index (κ2) is 5.18. The summed E-state index contributed by atoms with van der Waals surface area (Å²) in [5.74, 6) is 0.380. The van der Waals surface area contributed by atoms with Gasteiger partial charge in [-0.25, -0.2) is 4.98 Å². The number of hydrogen-bond donors (Lipinski definition) is 2. The molecule has 1 aliphatic rings. The molecule has 0 aliphatic carbocycles. The first-order chi connectivity index (χ1) is 8.20. The van der Waals surface area contributed by atoms with Crippen molar-refractivity contribution in [2.45, 2.75) is 18.9 Å². The number of piperidine rings is 1. The Bertz CT molecular complexity index is 427. The lowest BCUT2D eigenvalue weighted by atomic mass is 10.1. The number of ether oxygens (including phenoxy) is 1. The lowest BCUT2D eigenvalue weighted by Crippen LogP contribution is -2.44. The van der Waals surface area contributed by atoms with Gasteiger partial charge in [0, 0.05) is 6.54 Å². The van der Waals surface area contributed by atoms with E-state index in [-0.39, 0.29) is 18.0 Å². The molecule has 1 fully saturated rings. The third-order valence-corrected chi connectivity index (χ3v) is 2.78. The van der Waals surface area contributed by atoms with Gasteiger partial charge in [0.1, 0.15) is 11.1 Å². The van der Waals surface area contributed by atoms with Crippen molar-refractivity contribution in [2.24, 2.45) is 0 Å². The zero-order valence-electron chi connectivity index (χ0n) is 9.36. The van der Waals surface area contributed by atoms with Crippen LogP contribution in [0.2, 0.25) is 5.02 Å². The number of aromatic nitrogens is 2. The molecule has 2 rings (SSSR count). The topological polar surface area (TPSA) is 76.1 Å². The zero-order chi connectivity index (χ0) is 12.3. The minimum atomic E-state index is -0.305. The fourth-order valence-electron chi connectivity index (χ4n) is 1.63. The molecule has 1 aliphatic heterocycles. The van der Waals surface area contributed by atoms with Crippen LogP contribution in [-0.4, -0.2) is 35.6 Å². The fourth-order valence-corrected chi connectivity index (χ4v) is 1.77. The maximum atomic E-state index is 11.6. The Morgan fingerprint density at radius 1 is 1.65 bits per heavy atom. The van der Waals surface area contributed by atoms with Crippen molar-refractivity contribution in [3.63, 3.8) is 0 Å². The Hall–Kier alpha value is -1.56. The van der Waals surface area contributed by atoms with E-state index in [2.05, 4.69) is 20.6 Å². The van der Waals surface area contributed by atoms with Crippen LogP contribution < -0.4 is 15.4 Å². The first-order valence-corrected chi connectivity index (χ1v) is 5.69. The number of carbonyl (C=O) groups is 1. The van der Waals surface area contributed by atoms with Crippen molar-refractivity contribution < 1.29 is 9.53 Å². The average Bonchev–Trinajstić information content (AvgIpc) is 2.35. The number of methoxy groups -OCH3 is 1. The Balaban J connectivity index is 2.14. The number of anilines is 1. The molecule has 1 unspecified atom stereocenters. The van der Waals surface area contributed by atoms with Gasteiger partial charge < -0.3 is 15.4 Å². The lowest BCUT2D eigenvalue weighted by Gasteiger charge is -2.23. The predicted octanol–water partition coefficient (Wildman–Crippen LogP) is 0.829. The highest BCUT2D eigenvalue weighted by molar-refractivity contribution is 6.32. The number of nitrogens with one attached hydrogen (secondary N) is 2. The maximum Gasteiger partial charge on any atom is 0.318 e. The third-order valence-electron chi connectivity index (χ3n) is 2.50. The summed E-state index contributed by atoms with van der Waals surface area (Å²) >= 11 is 5.95. The largest absolute Gasteiger partial charge is 0.467 e. The number of nitrogens with zero attached hydrogens (tertiary/aromatic N) is 2. The van der Waals surface area contributed by atoms with Crippen molar-refractivity contribution >= 4 is 23.3 Å². The number of halogens is 1. The highest BCUT2D eigenvalue weighted by Crippen LogP contribution is 2.22. The van der Waals surface area contributed by atoms with Crippen LogP contribution >= 0.6 is 11.6 Å². The van der Waals surface area contributed by atoms with E-state index in [1.807, 2.05) is 0 Å². The number of carbonyl (C=O) groups excluding carboxylic acids is 1. The molecule has 0 radical (unpaired) electrons. The first kappa shape index (κ1) is 11.9. The van der Waals surface area contributed by atoms with Gasteiger partial charge in [0.15, 0.2) is 5.82 Å². The Kier molecular flexibility index (Phi) is 3.63. The summed E-state index contributed by atoms with van der Waals surface area (Å²) in [6.45, 7) is 0.720. The highest BCUT2D eigenvalue weighted by atomic mass is 35.5. The van der Waals surface area contributed by atoms with Crippen molar-refractivity contribution in [3.05, 3.63) is 11.2 Å². The molecule has 2 N–H and O–H groups in total. The number of hydrogen-bond acceptors (Lipinski definition) is 5. The molecule has 92 valence electrons. The summed E-state index contributed by atoms with van der Waals surface area (Å²) < 4.78 is 4.90. The molecule has 17 heavy (non-hydrogen) atoms. The lowest BCUT2D eigenvalue weighted by molar-refractivity contribution is -0.123. The summed E-state index contributed by atoms with van der Waals surface area (Å²) in [5.41, 5.74) is 0. The molecule has 0 aromatic carbocycles. The summed E-state index contributed by atoms with van der Waals surface area (Å²) in [7, 11) is 1.47. The Labute approximate surface area is 104 Å². The molecule has 1 atom stereocenters. The van der Waals surface area contributed by atoms with Gasteiger partial charge >= 0.3 is 6.01 Å². The normalized spacial score (nSPS) is 19.6. The predicted molar refractivity (Wildman–Crippen MR) is 63.2 cm³/mol. The smallest absolute Gasteiger partial charge is 0.318 e. The standard InChI is InChI=1S/C10H13ClN4O2/c1-17-10-13-5-6(11)8(15-10)14-7-3-2-4-12-9(7)16/h5,7H,2-4H2,1H3,(H,12,16)(H,13,14,15). The number of rotatable bonds is 3. The fraction of sp³-hybridized carbons (Fsp3) is 0.500. The molecular weight excluding hydrogens is 244 g/mol. The number of amides is 1. The van der Waals surface area contributed by atoms with E-state index >= 15 is 0 Å². The SMILES string of the molecule is COc1ncc(Cl)c(NC2CCCNC2=O)n1. The average molecular weight is 257 g/mol. The van der Waals surface area contributed by atoms with Gasteiger partial charge in [0.2, 0.25) is 5.91 Å². The monoisotopic (exact) mass is 256 g/mol. The molecule has 0 bridgehead atoms. The van der Waals surface area contributed by atoms with Gasteiger partial charge in [-0.2, -0.15) is 4.98 Å². The quantitative estimate of drug-likeness (QED) is 0.838. The Morgan fingerprint density at radius 2 is 2.47 bits per heavy atom. The summed E-state index contributed by atoms with van der Waals surface area (Å²) in [6, 6.07) is -0.0889. The van der Waals surface area contributed by atoms with Crippen LogP contribution in [0.3, 0.4) is 0 Å². The molecule has 1 aromatic rings. The van der Waals surface area contributed by atoms with E-state index in [0.717, 1.165) is 19.4 Å². The van der Waals surface area contributed by atoms with Crippen molar-refractivity contribution in [2.75, 3.05) is 19.0 Å². The molecule has 1 aromatic heterocycles. The van der Waals surface area contributed by atoms with Crippen LogP contribution in [0.15, 0.2) is 6.20 Å². The van der Waals surface area contributed by atoms with Crippen molar-refractivity contribution in [3.8, 4) is 6.01 Å². The van der Waals surface area contributed by atoms with E-state index < -0.39 is 0 Å². The molecule has 0 saturated carbocycles. The van der Waals surface area contributed by atoms with Gasteiger partial charge in [-0.05, 0) is 12.8 Å². The van der Waals surface area contributed by atoms with Crippen LogP contribution in [0, 0.1) is 0 Å². The molecular formula is C10H13ClN4O2. The van der Waals surface area contributed by atoms with Crippen LogP contribution in [0.1, 0.15) is 12.8 Å². The van der Waals surface area contributed by atoms with E-state index in [9.17, 15) is 4.79 Å². The molecule has 1 amide bonds. The molecule has 7 heteroatoms. The minimum Gasteiger partial charge on any atom is -0.467 e. The second-order valence-corrected chi connectivity index (χ2v) is 4.09. The van der Waals surface area contributed by atoms with Crippen LogP contribution in [0.4, 0.5) is 5.82 Å². The van der Waals surface area contributed by atoms with Crippen molar-refractivity contribution in [1.82, 2.24) is 15.3 Å². The molecule has 2 heterocycles. The second-order valence-electron chi connectivity index (χ2n) is 3.68. The van der Waals surface area contributed by atoms with E-state index in [0.29, 0.717) is 10.8 Å². The molecule has 1 saturated heterocycles. The highest BCUT2D eigenvalue weighted by Gasteiger charge is 2.23. The van der Waals surface area contributed by atoms with Crippen LogP contribution in [0.25, 0.3) is 0 Å². The van der Waals surface area contributed by atoms with Gasteiger partial charge in [-0.15, -0.1) is 0 Å². The van der Waals surface area contributed by atoms with Gasteiger partial charge in [0.05, 0.1) is 13.3 Å². The maximum absolute atomic E-state index is 11.6. The van der Waals surface area contributed by atoms with E-state index in [1.165, 1.54) is 13.3 Å². The van der Waals surface area contributed by atoms with Gasteiger partial charge in [-0.3, -0.25) is 4.79 Å². The van der Waals surface area contributed by atoms with Gasteiger partial charge in [-0.1, -0.05) is 11.6 Å². The minimum absolute atomic E-state index is 0.0371. The van der Waals surface area contributed by atoms with Crippen molar-refractivity contribution in [1.29, 1.82) is 0 Å². The van der Waals surface area contributed by atoms with E-state index in [4.69, 9.17) is 16.3 Å². The van der Waals surface area contributed by atoms with Crippen LogP contribution in [0.5, 0.6) is 6.01 Å².